The van der Waals surface area contributed by atoms with Crippen LogP contribution in [0, 0.1) is 0 Å². The second-order valence-corrected chi connectivity index (χ2v) is 3.72. The van der Waals surface area contributed by atoms with Gasteiger partial charge in [-0.3, -0.25) is 0 Å². The van der Waals surface area contributed by atoms with Gasteiger partial charge < -0.3 is 15.8 Å². The molecule has 80 valence electrons. The van der Waals surface area contributed by atoms with Crippen LogP contribution in [-0.4, -0.2) is 32.3 Å². The predicted molar refractivity (Wildman–Crippen MR) is 56.8 cm³/mol. The van der Waals surface area contributed by atoms with E-state index in [0.717, 1.165) is 19.5 Å². The number of nitrogens with two attached hydrogens (primary N) is 1. The van der Waals surface area contributed by atoms with Crippen LogP contribution in [0.1, 0.15) is 33.1 Å². The van der Waals surface area contributed by atoms with Crippen LogP contribution in [0.15, 0.2) is 0 Å². The molecule has 0 aliphatic carbocycles. The Hall–Kier alpha value is -0.120. The molecule has 3 heteroatoms. The lowest BCUT2D eigenvalue weighted by Gasteiger charge is -2.10. The van der Waals surface area contributed by atoms with Crippen molar-refractivity contribution in [1.29, 1.82) is 0 Å². The molecular formula is C10H24N2O. The monoisotopic (exact) mass is 188 g/mol. The summed E-state index contributed by atoms with van der Waals surface area (Å²) in [5.41, 5.74) is 5.64. The average molecular weight is 188 g/mol. The van der Waals surface area contributed by atoms with Crippen molar-refractivity contribution in [2.75, 3.05) is 20.2 Å². The molecule has 0 radical (unpaired) electrons. The maximum absolute atomic E-state index is 5.64. The van der Waals surface area contributed by atoms with Crippen LogP contribution in [-0.2, 0) is 4.74 Å². The Morgan fingerprint density at radius 1 is 1.31 bits per heavy atom. The second kappa shape index (κ2) is 8.48. The molecule has 0 fully saturated rings. The molecule has 0 bridgehead atoms. The molecule has 0 saturated heterocycles. The third kappa shape index (κ3) is 9.80. The van der Waals surface area contributed by atoms with Gasteiger partial charge in [-0.2, -0.15) is 0 Å². The SMILES string of the molecule is COC(C)CNCCCCC(C)N. The fourth-order valence-corrected chi connectivity index (χ4v) is 1.10. The minimum Gasteiger partial charge on any atom is -0.380 e. The Balaban J connectivity index is 2.99. The molecule has 0 amide bonds. The molecule has 0 aromatic heterocycles. The van der Waals surface area contributed by atoms with Gasteiger partial charge in [0.05, 0.1) is 6.10 Å². The first-order valence-corrected chi connectivity index (χ1v) is 5.16. The molecule has 0 rings (SSSR count). The lowest BCUT2D eigenvalue weighted by Crippen LogP contribution is -2.27. The van der Waals surface area contributed by atoms with Crippen LogP contribution in [0.5, 0.6) is 0 Å². The highest BCUT2D eigenvalue weighted by Crippen LogP contribution is 1.96. The van der Waals surface area contributed by atoms with Gasteiger partial charge in [-0.05, 0) is 33.2 Å². The highest BCUT2D eigenvalue weighted by atomic mass is 16.5. The van der Waals surface area contributed by atoms with E-state index >= 15 is 0 Å². The highest BCUT2D eigenvalue weighted by molar-refractivity contribution is 4.57. The van der Waals surface area contributed by atoms with Gasteiger partial charge in [0.25, 0.3) is 0 Å². The fraction of sp³-hybridized carbons (Fsp3) is 1.00. The Morgan fingerprint density at radius 3 is 2.54 bits per heavy atom. The Kier molecular flexibility index (Phi) is 8.40. The van der Waals surface area contributed by atoms with Crippen LogP contribution in [0.3, 0.4) is 0 Å². The molecule has 2 atom stereocenters. The quantitative estimate of drug-likeness (QED) is 0.561. The Labute approximate surface area is 82.0 Å². The molecule has 0 aliphatic rings. The van der Waals surface area contributed by atoms with Gasteiger partial charge in [0.2, 0.25) is 0 Å². The number of ether oxygens (including phenoxy) is 1. The molecule has 13 heavy (non-hydrogen) atoms. The largest absolute Gasteiger partial charge is 0.380 e. The summed E-state index contributed by atoms with van der Waals surface area (Å²) in [6.45, 7) is 6.13. The maximum atomic E-state index is 5.64. The van der Waals surface area contributed by atoms with E-state index in [4.69, 9.17) is 10.5 Å². The fourth-order valence-electron chi connectivity index (χ4n) is 1.10. The van der Waals surface area contributed by atoms with Crippen molar-refractivity contribution in [3.8, 4) is 0 Å². The first-order chi connectivity index (χ1) is 6.16. The zero-order valence-electron chi connectivity index (χ0n) is 9.18. The number of methoxy groups -OCH3 is 1. The number of hydrogen-bond acceptors (Lipinski definition) is 3. The summed E-state index contributed by atoms with van der Waals surface area (Å²) in [5.74, 6) is 0. The summed E-state index contributed by atoms with van der Waals surface area (Å²) >= 11 is 0. The first-order valence-electron chi connectivity index (χ1n) is 5.16. The summed E-state index contributed by atoms with van der Waals surface area (Å²) in [7, 11) is 1.74. The molecule has 0 heterocycles. The average Bonchev–Trinajstić information content (AvgIpc) is 2.10. The molecule has 0 saturated carbocycles. The Morgan fingerprint density at radius 2 is 2.00 bits per heavy atom. The molecule has 3 N–H and O–H groups in total. The molecule has 0 aliphatic heterocycles. The number of unbranched alkanes of at least 4 members (excludes halogenated alkanes) is 1. The normalized spacial score (nSPS) is 15.7. The van der Waals surface area contributed by atoms with Crippen LogP contribution >= 0.6 is 0 Å². The smallest absolute Gasteiger partial charge is 0.0667 e. The number of rotatable bonds is 8. The molecule has 2 unspecified atom stereocenters. The summed E-state index contributed by atoms with van der Waals surface area (Å²) in [4.78, 5) is 0. The van der Waals surface area contributed by atoms with E-state index in [1.807, 2.05) is 0 Å². The van der Waals surface area contributed by atoms with Crippen molar-refractivity contribution in [1.82, 2.24) is 5.32 Å². The molecular weight excluding hydrogens is 164 g/mol. The van der Waals surface area contributed by atoms with Gasteiger partial charge in [-0.15, -0.1) is 0 Å². The van der Waals surface area contributed by atoms with Crippen molar-refractivity contribution in [2.45, 2.75) is 45.3 Å². The highest BCUT2D eigenvalue weighted by Gasteiger charge is 1.97. The summed E-state index contributed by atoms with van der Waals surface area (Å²) in [5, 5.41) is 3.34. The summed E-state index contributed by atoms with van der Waals surface area (Å²) in [6, 6.07) is 0.345. The standard InChI is InChI=1S/C10H24N2O/c1-9(11)6-4-5-7-12-8-10(2)13-3/h9-10,12H,4-8,11H2,1-3H3. The predicted octanol–water partition coefficient (Wildman–Crippen LogP) is 1.13. The van der Waals surface area contributed by atoms with E-state index in [9.17, 15) is 0 Å². The summed E-state index contributed by atoms with van der Waals surface area (Å²) < 4.78 is 5.11. The molecule has 3 nitrogen and oxygen atoms in total. The number of nitrogens with one attached hydrogen (secondary N) is 1. The lowest BCUT2D eigenvalue weighted by molar-refractivity contribution is 0.117. The third-order valence-corrected chi connectivity index (χ3v) is 2.10. The van der Waals surface area contributed by atoms with E-state index in [2.05, 4.69) is 19.2 Å². The zero-order chi connectivity index (χ0) is 10.1. The minimum atomic E-state index is 0.313. The first kappa shape index (κ1) is 12.9. The van der Waals surface area contributed by atoms with Gasteiger partial charge in [-0.25, -0.2) is 0 Å². The third-order valence-electron chi connectivity index (χ3n) is 2.10. The molecule has 0 aromatic rings. The van der Waals surface area contributed by atoms with E-state index < -0.39 is 0 Å². The van der Waals surface area contributed by atoms with Gasteiger partial charge in [0, 0.05) is 19.7 Å². The Bertz CT molecular complexity index is 107. The van der Waals surface area contributed by atoms with Gasteiger partial charge >= 0.3 is 0 Å². The second-order valence-electron chi connectivity index (χ2n) is 3.72. The van der Waals surface area contributed by atoms with E-state index in [0.29, 0.717) is 12.1 Å². The lowest BCUT2D eigenvalue weighted by atomic mass is 10.1. The molecule has 0 spiro atoms. The van der Waals surface area contributed by atoms with E-state index in [1.54, 1.807) is 7.11 Å². The van der Waals surface area contributed by atoms with Gasteiger partial charge in [0.1, 0.15) is 0 Å². The van der Waals surface area contributed by atoms with Gasteiger partial charge in [0.15, 0.2) is 0 Å². The van der Waals surface area contributed by atoms with Crippen molar-refractivity contribution in [3.63, 3.8) is 0 Å². The summed E-state index contributed by atoms with van der Waals surface area (Å²) in [6.07, 6.45) is 3.86. The van der Waals surface area contributed by atoms with Crippen molar-refractivity contribution < 1.29 is 4.74 Å². The van der Waals surface area contributed by atoms with Crippen LogP contribution in [0.25, 0.3) is 0 Å². The van der Waals surface area contributed by atoms with Crippen LogP contribution < -0.4 is 11.1 Å². The van der Waals surface area contributed by atoms with Crippen molar-refractivity contribution in [2.24, 2.45) is 5.73 Å². The maximum Gasteiger partial charge on any atom is 0.0667 e. The van der Waals surface area contributed by atoms with E-state index in [-0.39, 0.29) is 0 Å². The zero-order valence-corrected chi connectivity index (χ0v) is 9.18. The van der Waals surface area contributed by atoms with Crippen molar-refractivity contribution >= 4 is 0 Å². The van der Waals surface area contributed by atoms with E-state index in [1.165, 1.54) is 12.8 Å². The van der Waals surface area contributed by atoms with Crippen LogP contribution in [0.4, 0.5) is 0 Å². The van der Waals surface area contributed by atoms with Gasteiger partial charge in [-0.1, -0.05) is 6.42 Å². The van der Waals surface area contributed by atoms with Crippen molar-refractivity contribution in [3.05, 3.63) is 0 Å². The van der Waals surface area contributed by atoms with Crippen LogP contribution in [0.2, 0.25) is 0 Å². The number of hydrogen-bond donors (Lipinski definition) is 2. The molecule has 0 aromatic carbocycles. The topological polar surface area (TPSA) is 47.3 Å². The minimum absolute atomic E-state index is 0.313.